The molecule has 4 rings (SSSR count). The number of piperidine rings is 1. The summed E-state index contributed by atoms with van der Waals surface area (Å²) in [5, 5.41) is 4.37. The Hall–Kier alpha value is -2.50. The summed E-state index contributed by atoms with van der Waals surface area (Å²) in [6, 6.07) is 6.40. The first kappa shape index (κ1) is 12.3. The highest BCUT2D eigenvalue weighted by Gasteiger charge is 2.22. The minimum Gasteiger partial charge on any atom is -0.354 e. The average molecular weight is 280 g/mol. The molecular weight excluding hydrogens is 264 g/mol. The molecule has 0 radical (unpaired) electrons. The van der Waals surface area contributed by atoms with Gasteiger partial charge in [-0.1, -0.05) is 0 Å². The lowest BCUT2D eigenvalue weighted by molar-refractivity contribution is 0.375. The van der Waals surface area contributed by atoms with Crippen LogP contribution in [0.15, 0.2) is 43.0 Å². The Labute approximate surface area is 122 Å². The van der Waals surface area contributed by atoms with E-state index in [0.29, 0.717) is 11.7 Å². The van der Waals surface area contributed by atoms with Crippen LogP contribution in [0.5, 0.6) is 0 Å². The fourth-order valence-electron chi connectivity index (χ4n) is 2.90. The van der Waals surface area contributed by atoms with Crippen molar-refractivity contribution in [2.24, 2.45) is 0 Å². The van der Waals surface area contributed by atoms with E-state index >= 15 is 0 Å². The lowest BCUT2D eigenvalue weighted by atomic mass is 10.1. The van der Waals surface area contributed by atoms with Gasteiger partial charge in [-0.2, -0.15) is 5.10 Å². The summed E-state index contributed by atoms with van der Waals surface area (Å²) in [6.07, 6.45) is 9.55. The van der Waals surface area contributed by atoms with E-state index in [2.05, 4.69) is 25.0 Å². The SMILES string of the molecule is c1cnn(C2CCCN(c3ccc4nccnc4n3)C2)c1. The Bertz CT molecular complexity index is 739. The van der Waals surface area contributed by atoms with E-state index in [0.717, 1.165) is 37.3 Å². The van der Waals surface area contributed by atoms with Gasteiger partial charge in [-0.05, 0) is 31.0 Å². The normalized spacial score (nSPS) is 19.0. The number of nitrogens with zero attached hydrogens (tertiary/aromatic N) is 6. The third-order valence-electron chi connectivity index (χ3n) is 3.94. The molecule has 0 spiro atoms. The Morgan fingerprint density at radius 3 is 2.95 bits per heavy atom. The molecule has 6 nitrogen and oxygen atoms in total. The summed E-state index contributed by atoms with van der Waals surface area (Å²) >= 11 is 0. The Morgan fingerprint density at radius 2 is 2.05 bits per heavy atom. The molecule has 1 fully saturated rings. The molecule has 0 aromatic carbocycles. The van der Waals surface area contributed by atoms with E-state index < -0.39 is 0 Å². The number of anilines is 1. The highest BCUT2D eigenvalue weighted by atomic mass is 15.3. The molecular formula is C15H16N6. The fraction of sp³-hybridized carbons (Fsp3) is 0.333. The summed E-state index contributed by atoms with van der Waals surface area (Å²) < 4.78 is 2.05. The molecule has 1 aliphatic rings. The standard InChI is InChI=1S/C15H16N6/c1-3-12(21-10-2-6-18-21)11-20(9-1)14-5-4-13-15(19-14)17-8-7-16-13/h2,4-8,10,12H,1,3,9,11H2. The zero-order valence-corrected chi connectivity index (χ0v) is 11.6. The minimum atomic E-state index is 0.410. The van der Waals surface area contributed by atoms with Gasteiger partial charge in [-0.25, -0.2) is 9.97 Å². The molecule has 0 bridgehead atoms. The third-order valence-corrected chi connectivity index (χ3v) is 3.94. The van der Waals surface area contributed by atoms with Crippen LogP contribution in [-0.2, 0) is 0 Å². The van der Waals surface area contributed by atoms with E-state index in [9.17, 15) is 0 Å². The molecule has 1 saturated heterocycles. The van der Waals surface area contributed by atoms with E-state index in [-0.39, 0.29) is 0 Å². The topological polar surface area (TPSA) is 59.7 Å². The van der Waals surface area contributed by atoms with Crippen LogP contribution in [0.2, 0.25) is 0 Å². The van der Waals surface area contributed by atoms with Crippen LogP contribution in [0, 0.1) is 0 Å². The molecule has 3 aromatic rings. The van der Waals surface area contributed by atoms with Gasteiger partial charge >= 0.3 is 0 Å². The van der Waals surface area contributed by atoms with Crippen molar-refractivity contribution in [1.29, 1.82) is 0 Å². The zero-order valence-electron chi connectivity index (χ0n) is 11.6. The van der Waals surface area contributed by atoms with Crippen molar-refractivity contribution in [3.05, 3.63) is 43.0 Å². The number of aromatic nitrogens is 5. The van der Waals surface area contributed by atoms with Gasteiger partial charge in [-0.3, -0.25) is 9.67 Å². The van der Waals surface area contributed by atoms with Gasteiger partial charge in [-0.15, -0.1) is 0 Å². The van der Waals surface area contributed by atoms with Crippen LogP contribution < -0.4 is 4.90 Å². The molecule has 6 heteroatoms. The van der Waals surface area contributed by atoms with Gasteiger partial charge in [0.25, 0.3) is 0 Å². The maximum Gasteiger partial charge on any atom is 0.180 e. The molecule has 0 N–H and O–H groups in total. The summed E-state index contributed by atoms with van der Waals surface area (Å²) in [5.41, 5.74) is 1.54. The summed E-state index contributed by atoms with van der Waals surface area (Å²) in [7, 11) is 0. The van der Waals surface area contributed by atoms with E-state index in [1.165, 1.54) is 0 Å². The highest BCUT2D eigenvalue weighted by Crippen LogP contribution is 2.25. The predicted molar refractivity (Wildman–Crippen MR) is 80.0 cm³/mol. The van der Waals surface area contributed by atoms with Crippen molar-refractivity contribution in [1.82, 2.24) is 24.7 Å². The molecule has 4 heterocycles. The van der Waals surface area contributed by atoms with Crippen molar-refractivity contribution in [3.63, 3.8) is 0 Å². The van der Waals surface area contributed by atoms with E-state index in [4.69, 9.17) is 0 Å². The van der Waals surface area contributed by atoms with Gasteiger partial charge in [0.15, 0.2) is 5.65 Å². The largest absolute Gasteiger partial charge is 0.354 e. The van der Waals surface area contributed by atoms with E-state index in [1.54, 1.807) is 12.4 Å². The zero-order chi connectivity index (χ0) is 14.1. The van der Waals surface area contributed by atoms with Crippen LogP contribution in [0.1, 0.15) is 18.9 Å². The van der Waals surface area contributed by atoms with Crippen LogP contribution in [0.25, 0.3) is 11.2 Å². The minimum absolute atomic E-state index is 0.410. The number of fused-ring (bicyclic) bond motifs is 1. The van der Waals surface area contributed by atoms with Crippen molar-refractivity contribution < 1.29 is 0 Å². The Kier molecular flexibility index (Phi) is 2.99. The van der Waals surface area contributed by atoms with Gasteiger partial charge in [0.2, 0.25) is 0 Å². The first-order valence-corrected chi connectivity index (χ1v) is 7.22. The highest BCUT2D eigenvalue weighted by molar-refractivity contribution is 5.71. The maximum atomic E-state index is 4.64. The monoisotopic (exact) mass is 280 g/mol. The molecule has 106 valence electrons. The van der Waals surface area contributed by atoms with Gasteiger partial charge < -0.3 is 4.90 Å². The van der Waals surface area contributed by atoms with Crippen LogP contribution in [0.4, 0.5) is 5.82 Å². The lowest BCUT2D eigenvalue weighted by Gasteiger charge is -2.33. The molecule has 3 aromatic heterocycles. The van der Waals surface area contributed by atoms with Crippen molar-refractivity contribution in [2.45, 2.75) is 18.9 Å². The molecule has 1 unspecified atom stereocenters. The maximum absolute atomic E-state index is 4.64. The van der Waals surface area contributed by atoms with Gasteiger partial charge in [0, 0.05) is 37.9 Å². The molecule has 0 aliphatic carbocycles. The smallest absolute Gasteiger partial charge is 0.180 e. The Morgan fingerprint density at radius 1 is 1.10 bits per heavy atom. The van der Waals surface area contributed by atoms with Crippen LogP contribution in [0.3, 0.4) is 0 Å². The number of rotatable bonds is 2. The Balaban J connectivity index is 1.62. The molecule has 0 amide bonds. The number of pyridine rings is 1. The second kappa shape index (κ2) is 5.12. The van der Waals surface area contributed by atoms with Crippen molar-refractivity contribution in [2.75, 3.05) is 18.0 Å². The summed E-state index contributed by atoms with van der Waals surface area (Å²) in [6.45, 7) is 1.96. The fourth-order valence-corrected chi connectivity index (χ4v) is 2.90. The van der Waals surface area contributed by atoms with Gasteiger partial charge in [0.05, 0.1) is 6.04 Å². The second-order valence-electron chi connectivity index (χ2n) is 5.30. The van der Waals surface area contributed by atoms with Gasteiger partial charge in [0.1, 0.15) is 11.3 Å². The summed E-state index contributed by atoms with van der Waals surface area (Å²) in [4.78, 5) is 15.5. The van der Waals surface area contributed by atoms with Crippen LogP contribution in [-0.4, -0.2) is 37.8 Å². The molecule has 0 saturated carbocycles. The third kappa shape index (κ3) is 2.33. The summed E-state index contributed by atoms with van der Waals surface area (Å²) in [5.74, 6) is 0.972. The first-order valence-electron chi connectivity index (χ1n) is 7.22. The molecule has 1 aliphatic heterocycles. The predicted octanol–water partition coefficient (Wildman–Crippen LogP) is 2.06. The van der Waals surface area contributed by atoms with Crippen molar-refractivity contribution >= 4 is 17.0 Å². The number of hydrogen-bond acceptors (Lipinski definition) is 5. The van der Waals surface area contributed by atoms with Crippen LogP contribution >= 0.6 is 0 Å². The quantitative estimate of drug-likeness (QED) is 0.719. The molecule has 1 atom stereocenters. The molecule has 21 heavy (non-hydrogen) atoms. The first-order chi connectivity index (χ1) is 10.4. The average Bonchev–Trinajstić information content (AvgIpc) is 3.09. The second-order valence-corrected chi connectivity index (χ2v) is 5.30. The van der Waals surface area contributed by atoms with E-state index in [1.807, 2.05) is 35.3 Å². The number of hydrogen-bond donors (Lipinski definition) is 0. The van der Waals surface area contributed by atoms with Crippen molar-refractivity contribution in [3.8, 4) is 0 Å². The lowest BCUT2D eigenvalue weighted by Crippen LogP contribution is -2.37.